The van der Waals surface area contributed by atoms with E-state index in [-0.39, 0.29) is 5.84 Å². The van der Waals surface area contributed by atoms with Crippen molar-refractivity contribution in [3.05, 3.63) is 48.4 Å². The van der Waals surface area contributed by atoms with Gasteiger partial charge in [-0.25, -0.2) is 0 Å². The monoisotopic (exact) mass is 270 g/mol. The number of nitrogens with one attached hydrogen (secondary N) is 1. The molecule has 0 aliphatic rings. The van der Waals surface area contributed by atoms with Gasteiger partial charge < -0.3 is 5.73 Å². The summed E-state index contributed by atoms with van der Waals surface area (Å²) in [7, 11) is 0. The molecule has 0 saturated carbocycles. The Morgan fingerprint density at radius 1 is 1.26 bits per heavy atom. The Bertz CT molecular complexity index is 751. The maximum Gasteiger partial charge on any atom is 0.200 e. The molecule has 3 rings (SSSR count). The third kappa shape index (κ3) is 2.15. The van der Waals surface area contributed by atoms with Crippen LogP contribution in [-0.2, 0) is 0 Å². The summed E-state index contributed by atoms with van der Waals surface area (Å²) < 4.78 is 1.88. The van der Waals surface area contributed by atoms with E-state index in [2.05, 4.69) is 15.2 Å². The molecule has 0 bridgehead atoms. The molecule has 6 nitrogen and oxygen atoms in total. The Kier molecular flexibility index (Phi) is 2.88. The Labute approximate surface area is 113 Å². The molecule has 0 aliphatic heterocycles. The van der Waals surface area contributed by atoms with Crippen LogP contribution in [0.4, 0.5) is 0 Å². The number of nitrogen functional groups attached to an aromatic ring is 1. The maximum absolute atomic E-state index is 7.56. The van der Waals surface area contributed by atoms with E-state index in [0.29, 0.717) is 10.7 Å². The predicted octanol–water partition coefficient (Wildman–Crippen LogP) is 1.56. The zero-order chi connectivity index (χ0) is 13.2. The second kappa shape index (κ2) is 4.69. The molecule has 0 amide bonds. The molecule has 3 aromatic heterocycles. The van der Waals surface area contributed by atoms with E-state index in [9.17, 15) is 0 Å². The van der Waals surface area contributed by atoms with Gasteiger partial charge in [-0.3, -0.25) is 14.8 Å². The molecule has 0 spiro atoms. The van der Waals surface area contributed by atoms with Gasteiger partial charge in [0.15, 0.2) is 5.65 Å². The number of hydrogen-bond acceptors (Lipinski definition) is 5. The largest absolute Gasteiger partial charge is 0.384 e. The summed E-state index contributed by atoms with van der Waals surface area (Å²) in [6.07, 6.45) is 5.18. The van der Waals surface area contributed by atoms with Crippen molar-refractivity contribution in [2.75, 3.05) is 0 Å². The van der Waals surface area contributed by atoms with E-state index in [0.717, 1.165) is 10.5 Å². The zero-order valence-electron chi connectivity index (χ0n) is 9.82. The maximum atomic E-state index is 7.56. The fraction of sp³-hybridized carbons (Fsp3) is 0. The highest BCUT2D eigenvalue weighted by Crippen LogP contribution is 2.28. The molecular formula is C12H10N6S. The summed E-state index contributed by atoms with van der Waals surface area (Å²) in [5.41, 5.74) is 6.98. The van der Waals surface area contributed by atoms with Crippen LogP contribution in [0.5, 0.6) is 0 Å². The summed E-state index contributed by atoms with van der Waals surface area (Å²) >= 11 is 1.38. The van der Waals surface area contributed by atoms with Gasteiger partial charge in [0, 0.05) is 29.0 Å². The summed E-state index contributed by atoms with van der Waals surface area (Å²) in [6, 6.07) is 7.42. The number of amidine groups is 1. The van der Waals surface area contributed by atoms with Gasteiger partial charge in [-0.15, -0.1) is 10.2 Å². The van der Waals surface area contributed by atoms with Crippen LogP contribution in [0, 0.1) is 5.41 Å². The lowest BCUT2D eigenvalue weighted by molar-refractivity contribution is 0.920. The van der Waals surface area contributed by atoms with Crippen LogP contribution >= 0.6 is 11.8 Å². The lowest BCUT2D eigenvalue weighted by atomic mass is 10.2. The second-order valence-corrected chi connectivity index (χ2v) is 4.81. The number of hydrogen-bond donors (Lipinski definition) is 2. The van der Waals surface area contributed by atoms with Gasteiger partial charge in [0.1, 0.15) is 5.84 Å². The molecule has 0 fully saturated rings. The van der Waals surface area contributed by atoms with Gasteiger partial charge in [-0.05, 0) is 30.0 Å². The number of fused-ring (bicyclic) bond motifs is 1. The quantitative estimate of drug-likeness (QED) is 0.556. The molecule has 0 atom stereocenters. The highest BCUT2D eigenvalue weighted by molar-refractivity contribution is 7.99. The average Bonchev–Trinajstić information content (AvgIpc) is 2.83. The predicted molar refractivity (Wildman–Crippen MR) is 72.4 cm³/mol. The minimum Gasteiger partial charge on any atom is -0.384 e. The summed E-state index contributed by atoms with van der Waals surface area (Å²) in [5, 5.41) is 16.5. The fourth-order valence-electron chi connectivity index (χ4n) is 1.67. The lowest BCUT2D eigenvalue weighted by Crippen LogP contribution is -2.12. The minimum atomic E-state index is 0.0127. The fourth-order valence-corrected chi connectivity index (χ4v) is 2.60. The van der Waals surface area contributed by atoms with E-state index in [1.165, 1.54) is 11.8 Å². The smallest absolute Gasteiger partial charge is 0.200 e. The van der Waals surface area contributed by atoms with E-state index < -0.39 is 0 Å². The third-order valence-electron chi connectivity index (χ3n) is 2.56. The van der Waals surface area contributed by atoms with Crippen LogP contribution in [-0.4, -0.2) is 25.4 Å². The topological polar surface area (TPSA) is 93.0 Å². The molecule has 3 heterocycles. The highest BCUT2D eigenvalue weighted by atomic mass is 32.2. The standard InChI is InChI=1S/C12H10N6S/c13-11(14)8-4-5-15-7-9(8)19-12-17-16-10-3-1-2-6-18(10)12/h1-7H,(H3,13,14). The molecule has 7 heteroatoms. The van der Waals surface area contributed by atoms with Crippen molar-refractivity contribution in [3.63, 3.8) is 0 Å². The number of aromatic nitrogens is 4. The molecule has 0 radical (unpaired) electrons. The molecule has 94 valence electrons. The Morgan fingerprint density at radius 2 is 2.16 bits per heavy atom. The molecule has 0 unspecified atom stereocenters. The van der Waals surface area contributed by atoms with Crippen LogP contribution in [0.15, 0.2) is 52.9 Å². The molecule has 3 aromatic rings. The van der Waals surface area contributed by atoms with E-state index >= 15 is 0 Å². The first-order chi connectivity index (χ1) is 9.25. The van der Waals surface area contributed by atoms with Gasteiger partial charge >= 0.3 is 0 Å². The van der Waals surface area contributed by atoms with Gasteiger partial charge in [0.05, 0.1) is 0 Å². The molecule has 3 N–H and O–H groups in total. The van der Waals surface area contributed by atoms with Crippen LogP contribution < -0.4 is 5.73 Å². The first-order valence-electron chi connectivity index (χ1n) is 5.52. The van der Waals surface area contributed by atoms with Crippen LogP contribution in [0.1, 0.15) is 5.56 Å². The number of nitrogens with two attached hydrogens (primary N) is 1. The molecule has 0 aliphatic carbocycles. The van der Waals surface area contributed by atoms with E-state index in [1.807, 2.05) is 28.8 Å². The third-order valence-corrected chi connectivity index (χ3v) is 3.56. The van der Waals surface area contributed by atoms with Crippen LogP contribution in [0.25, 0.3) is 5.65 Å². The van der Waals surface area contributed by atoms with Gasteiger partial charge in [0.25, 0.3) is 0 Å². The van der Waals surface area contributed by atoms with Gasteiger partial charge in [-0.2, -0.15) is 0 Å². The van der Waals surface area contributed by atoms with Crippen LogP contribution in [0.3, 0.4) is 0 Å². The van der Waals surface area contributed by atoms with Gasteiger partial charge in [0.2, 0.25) is 5.16 Å². The lowest BCUT2D eigenvalue weighted by Gasteiger charge is -2.05. The number of pyridine rings is 2. The van der Waals surface area contributed by atoms with Crippen molar-refractivity contribution in [1.29, 1.82) is 5.41 Å². The summed E-state index contributed by atoms with van der Waals surface area (Å²) in [6.45, 7) is 0. The Balaban J connectivity index is 2.04. The van der Waals surface area contributed by atoms with Crippen LogP contribution in [0.2, 0.25) is 0 Å². The number of rotatable bonds is 3. The normalized spacial score (nSPS) is 10.7. The van der Waals surface area contributed by atoms with E-state index in [4.69, 9.17) is 11.1 Å². The van der Waals surface area contributed by atoms with Gasteiger partial charge in [-0.1, -0.05) is 6.07 Å². The molecular weight excluding hydrogens is 260 g/mol. The van der Waals surface area contributed by atoms with Crippen molar-refractivity contribution in [2.45, 2.75) is 10.1 Å². The van der Waals surface area contributed by atoms with E-state index in [1.54, 1.807) is 18.5 Å². The SMILES string of the molecule is N=C(N)c1ccncc1Sc1nnc2ccccn12. The first kappa shape index (κ1) is 11.7. The first-order valence-corrected chi connectivity index (χ1v) is 6.33. The summed E-state index contributed by atoms with van der Waals surface area (Å²) in [4.78, 5) is 4.84. The Hall–Kier alpha value is -2.41. The molecule has 0 aromatic carbocycles. The molecule has 19 heavy (non-hydrogen) atoms. The van der Waals surface area contributed by atoms with Crippen molar-refractivity contribution in [3.8, 4) is 0 Å². The minimum absolute atomic E-state index is 0.0127. The summed E-state index contributed by atoms with van der Waals surface area (Å²) in [5.74, 6) is 0.0127. The number of nitrogens with zero attached hydrogens (tertiary/aromatic N) is 4. The molecule has 0 saturated heterocycles. The zero-order valence-corrected chi connectivity index (χ0v) is 10.6. The highest BCUT2D eigenvalue weighted by Gasteiger charge is 2.11. The average molecular weight is 270 g/mol. The van der Waals surface area contributed by atoms with Crippen molar-refractivity contribution < 1.29 is 0 Å². The second-order valence-electron chi connectivity index (χ2n) is 3.80. The van der Waals surface area contributed by atoms with Crippen molar-refractivity contribution >= 4 is 23.2 Å². The Morgan fingerprint density at radius 3 is 3.00 bits per heavy atom. The van der Waals surface area contributed by atoms with Crippen molar-refractivity contribution in [2.24, 2.45) is 5.73 Å². The van der Waals surface area contributed by atoms with Crippen molar-refractivity contribution in [1.82, 2.24) is 19.6 Å².